The standard InChI is InChI=1S/C18H21N3O2/c1-13-5-3-4-6-14(13)15-11-17(19-12-16(15)18(22)23)21-9-7-20(2)8-10-21/h3-6,11-12H,7-10H2,1-2H3,(H,22,23). The fraction of sp³-hybridized carbons (Fsp3) is 0.333. The molecule has 120 valence electrons. The van der Waals surface area contributed by atoms with Crippen molar-refractivity contribution in [3.05, 3.63) is 47.7 Å². The number of carboxylic acid groups (broad SMARTS) is 1. The van der Waals surface area contributed by atoms with Gasteiger partial charge in [0.15, 0.2) is 0 Å². The van der Waals surface area contributed by atoms with Gasteiger partial charge in [-0.1, -0.05) is 24.3 Å². The molecule has 23 heavy (non-hydrogen) atoms. The second-order valence-corrected chi connectivity index (χ2v) is 6.00. The lowest BCUT2D eigenvalue weighted by molar-refractivity contribution is 0.0697. The van der Waals surface area contributed by atoms with Crippen molar-refractivity contribution < 1.29 is 9.90 Å². The highest BCUT2D eigenvalue weighted by Crippen LogP contribution is 2.29. The SMILES string of the molecule is Cc1ccccc1-c1cc(N2CCN(C)CC2)ncc1C(=O)O. The van der Waals surface area contributed by atoms with Crippen LogP contribution in [0.15, 0.2) is 36.5 Å². The van der Waals surface area contributed by atoms with Crippen molar-refractivity contribution in [2.24, 2.45) is 0 Å². The predicted molar refractivity (Wildman–Crippen MR) is 91.1 cm³/mol. The monoisotopic (exact) mass is 311 g/mol. The van der Waals surface area contributed by atoms with Gasteiger partial charge in [0, 0.05) is 37.9 Å². The van der Waals surface area contributed by atoms with Crippen molar-refractivity contribution in [1.82, 2.24) is 9.88 Å². The molecule has 1 N–H and O–H groups in total. The fourth-order valence-corrected chi connectivity index (χ4v) is 2.92. The third-order valence-corrected chi connectivity index (χ3v) is 4.38. The van der Waals surface area contributed by atoms with Gasteiger partial charge in [-0.05, 0) is 31.2 Å². The van der Waals surface area contributed by atoms with Crippen LogP contribution < -0.4 is 4.90 Å². The van der Waals surface area contributed by atoms with Gasteiger partial charge < -0.3 is 14.9 Å². The molecule has 0 unspecified atom stereocenters. The lowest BCUT2D eigenvalue weighted by Crippen LogP contribution is -2.44. The minimum atomic E-state index is -0.944. The smallest absolute Gasteiger partial charge is 0.337 e. The molecular weight excluding hydrogens is 290 g/mol. The summed E-state index contributed by atoms with van der Waals surface area (Å²) in [5, 5.41) is 9.49. The molecule has 0 spiro atoms. The first kappa shape index (κ1) is 15.5. The van der Waals surface area contributed by atoms with Gasteiger partial charge in [-0.25, -0.2) is 9.78 Å². The lowest BCUT2D eigenvalue weighted by Gasteiger charge is -2.33. The number of hydrogen-bond donors (Lipinski definition) is 1. The van der Waals surface area contributed by atoms with E-state index in [1.165, 1.54) is 6.20 Å². The van der Waals surface area contributed by atoms with E-state index < -0.39 is 5.97 Å². The second kappa shape index (κ2) is 6.38. The largest absolute Gasteiger partial charge is 0.478 e. The topological polar surface area (TPSA) is 56.7 Å². The predicted octanol–water partition coefficient (Wildman–Crippen LogP) is 2.51. The Bertz CT molecular complexity index is 722. The molecule has 1 fully saturated rings. The molecule has 0 aliphatic carbocycles. The molecule has 0 radical (unpaired) electrons. The second-order valence-electron chi connectivity index (χ2n) is 6.00. The van der Waals surface area contributed by atoms with E-state index in [2.05, 4.69) is 21.8 Å². The number of aryl methyl sites for hydroxylation is 1. The summed E-state index contributed by atoms with van der Waals surface area (Å²) in [4.78, 5) is 20.5. The van der Waals surface area contributed by atoms with Crippen molar-refractivity contribution in [3.63, 3.8) is 0 Å². The molecule has 0 bridgehead atoms. The van der Waals surface area contributed by atoms with Gasteiger partial charge in [0.2, 0.25) is 0 Å². The summed E-state index contributed by atoms with van der Waals surface area (Å²) < 4.78 is 0. The first-order chi connectivity index (χ1) is 11.1. The van der Waals surface area contributed by atoms with Crippen LogP contribution in [0, 0.1) is 6.92 Å². The Morgan fingerprint density at radius 3 is 2.48 bits per heavy atom. The lowest BCUT2D eigenvalue weighted by atomic mass is 9.97. The van der Waals surface area contributed by atoms with Crippen LogP contribution in [-0.2, 0) is 0 Å². The number of rotatable bonds is 3. The van der Waals surface area contributed by atoms with Crippen LogP contribution in [0.25, 0.3) is 11.1 Å². The van der Waals surface area contributed by atoms with Crippen LogP contribution in [0.5, 0.6) is 0 Å². The molecule has 0 atom stereocenters. The zero-order valence-electron chi connectivity index (χ0n) is 13.5. The van der Waals surface area contributed by atoms with E-state index in [0.717, 1.165) is 48.7 Å². The van der Waals surface area contributed by atoms with Crippen molar-refractivity contribution in [3.8, 4) is 11.1 Å². The zero-order chi connectivity index (χ0) is 16.4. The van der Waals surface area contributed by atoms with Gasteiger partial charge in [0.05, 0.1) is 5.56 Å². The highest BCUT2D eigenvalue weighted by molar-refractivity contribution is 5.96. The number of aromatic nitrogens is 1. The Hall–Kier alpha value is -2.40. The quantitative estimate of drug-likeness (QED) is 0.944. The number of benzene rings is 1. The number of nitrogens with zero attached hydrogens (tertiary/aromatic N) is 3. The minimum Gasteiger partial charge on any atom is -0.478 e. The number of carbonyl (C=O) groups is 1. The van der Waals surface area contributed by atoms with E-state index >= 15 is 0 Å². The molecule has 1 aliphatic rings. The molecule has 5 nitrogen and oxygen atoms in total. The Morgan fingerprint density at radius 1 is 1.13 bits per heavy atom. The van der Waals surface area contributed by atoms with Gasteiger partial charge >= 0.3 is 5.97 Å². The summed E-state index contributed by atoms with van der Waals surface area (Å²) in [7, 11) is 2.11. The van der Waals surface area contributed by atoms with E-state index in [4.69, 9.17) is 0 Å². The van der Waals surface area contributed by atoms with Gasteiger partial charge in [0.25, 0.3) is 0 Å². The molecular formula is C18H21N3O2. The van der Waals surface area contributed by atoms with Crippen molar-refractivity contribution in [2.45, 2.75) is 6.92 Å². The average molecular weight is 311 g/mol. The minimum absolute atomic E-state index is 0.247. The van der Waals surface area contributed by atoms with Gasteiger partial charge in [-0.3, -0.25) is 0 Å². The molecule has 1 aromatic heterocycles. The summed E-state index contributed by atoms with van der Waals surface area (Å²) in [5.74, 6) is -0.0953. The highest BCUT2D eigenvalue weighted by atomic mass is 16.4. The first-order valence-electron chi connectivity index (χ1n) is 7.79. The Kier molecular flexibility index (Phi) is 4.30. The third-order valence-electron chi connectivity index (χ3n) is 4.38. The Labute approximate surface area is 136 Å². The number of carboxylic acids is 1. The van der Waals surface area contributed by atoms with E-state index in [1.807, 2.05) is 37.3 Å². The number of likely N-dealkylation sites (N-methyl/N-ethyl adjacent to an activating group) is 1. The maximum Gasteiger partial charge on any atom is 0.337 e. The van der Waals surface area contributed by atoms with Crippen LogP contribution in [0.4, 0.5) is 5.82 Å². The van der Waals surface area contributed by atoms with Crippen molar-refractivity contribution in [1.29, 1.82) is 0 Å². The van der Waals surface area contributed by atoms with Crippen LogP contribution in [-0.4, -0.2) is 54.2 Å². The molecule has 2 heterocycles. The fourth-order valence-electron chi connectivity index (χ4n) is 2.92. The maximum atomic E-state index is 11.6. The number of pyridine rings is 1. The molecule has 2 aromatic rings. The van der Waals surface area contributed by atoms with E-state index in [-0.39, 0.29) is 5.56 Å². The van der Waals surface area contributed by atoms with Crippen LogP contribution in [0.2, 0.25) is 0 Å². The Balaban J connectivity index is 2.04. The molecule has 5 heteroatoms. The number of anilines is 1. The molecule has 1 saturated heterocycles. The van der Waals surface area contributed by atoms with Gasteiger partial charge in [-0.15, -0.1) is 0 Å². The van der Waals surface area contributed by atoms with E-state index in [9.17, 15) is 9.90 Å². The molecule has 0 saturated carbocycles. The molecule has 3 rings (SSSR count). The number of piperazine rings is 1. The third kappa shape index (κ3) is 3.19. The van der Waals surface area contributed by atoms with Crippen molar-refractivity contribution in [2.75, 3.05) is 38.1 Å². The normalized spacial score (nSPS) is 15.7. The van der Waals surface area contributed by atoms with Crippen LogP contribution in [0.1, 0.15) is 15.9 Å². The summed E-state index contributed by atoms with van der Waals surface area (Å²) >= 11 is 0. The van der Waals surface area contributed by atoms with Crippen LogP contribution >= 0.6 is 0 Å². The molecule has 0 amide bonds. The highest BCUT2D eigenvalue weighted by Gasteiger charge is 2.19. The number of aromatic carboxylic acids is 1. The maximum absolute atomic E-state index is 11.6. The molecule has 1 aliphatic heterocycles. The first-order valence-corrected chi connectivity index (χ1v) is 7.79. The summed E-state index contributed by atoms with van der Waals surface area (Å²) in [6, 6.07) is 9.77. The molecule has 1 aromatic carbocycles. The summed E-state index contributed by atoms with van der Waals surface area (Å²) in [6.45, 7) is 5.79. The van der Waals surface area contributed by atoms with Crippen LogP contribution in [0.3, 0.4) is 0 Å². The van der Waals surface area contributed by atoms with Gasteiger partial charge in [-0.2, -0.15) is 0 Å². The van der Waals surface area contributed by atoms with E-state index in [0.29, 0.717) is 0 Å². The van der Waals surface area contributed by atoms with Gasteiger partial charge in [0.1, 0.15) is 5.82 Å². The number of hydrogen-bond acceptors (Lipinski definition) is 4. The summed E-state index contributed by atoms with van der Waals surface area (Å²) in [5.41, 5.74) is 2.99. The summed E-state index contributed by atoms with van der Waals surface area (Å²) in [6.07, 6.45) is 1.48. The zero-order valence-corrected chi connectivity index (χ0v) is 13.5. The van der Waals surface area contributed by atoms with Crippen molar-refractivity contribution >= 4 is 11.8 Å². The Morgan fingerprint density at radius 2 is 1.83 bits per heavy atom. The average Bonchev–Trinajstić information content (AvgIpc) is 2.55. The van der Waals surface area contributed by atoms with E-state index in [1.54, 1.807) is 0 Å².